The highest BCUT2D eigenvalue weighted by Crippen LogP contribution is 2.07. The van der Waals surface area contributed by atoms with Crippen LogP contribution in [0.5, 0.6) is 0 Å². The number of nitrogens with one attached hydrogen (secondary N) is 1. The standard InChI is InChI=1S/C14H23NO/c1-12(2)10-16-11-14-6-4-13(5-7-14)8-9-15-3/h4-7,12,15H,8-11H2,1-3H3. The van der Waals surface area contributed by atoms with Gasteiger partial charge >= 0.3 is 0 Å². The highest BCUT2D eigenvalue weighted by Gasteiger charge is 1.97. The van der Waals surface area contributed by atoms with E-state index in [1.54, 1.807) is 0 Å². The van der Waals surface area contributed by atoms with Crippen molar-refractivity contribution in [2.75, 3.05) is 20.2 Å². The molecule has 0 saturated carbocycles. The minimum absolute atomic E-state index is 0.606. The third-order valence-electron chi connectivity index (χ3n) is 2.41. The quantitative estimate of drug-likeness (QED) is 0.764. The predicted octanol–water partition coefficient (Wildman–Crippen LogP) is 2.62. The summed E-state index contributed by atoms with van der Waals surface area (Å²) in [6, 6.07) is 8.69. The molecule has 0 aliphatic carbocycles. The zero-order valence-corrected chi connectivity index (χ0v) is 10.6. The molecule has 0 aliphatic rings. The smallest absolute Gasteiger partial charge is 0.0717 e. The van der Waals surface area contributed by atoms with Crippen molar-refractivity contribution in [2.24, 2.45) is 5.92 Å². The van der Waals surface area contributed by atoms with E-state index in [-0.39, 0.29) is 0 Å². The molecule has 0 aromatic heterocycles. The summed E-state index contributed by atoms with van der Waals surface area (Å²) in [6.07, 6.45) is 1.09. The lowest BCUT2D eigenvalue weighted by Crippen LogP contribution is -2.10. The molecule has 1 aromatic rings. The third kappa shape index (κ3) is 5.29. The lowest BCUT2D eigenvalue weighted by molar-refractivity contribution is 0.0971. The number of benzene rings is 1. The van der Waals surface area contributed by atoms with Gasteiger partial charge in [-0.05, 0) is 37.1 Å². The lowest BCUT2D eigenvalue weighted by Gasteiger charge is -2.07. The Hall–Kier alpha value is -0.860. The van der Waals surface area contributed by atoms with E-state index in [1.807, 2.05) is 7.05 Å². The molecule has 0 atom stereocenters. The molecule has 0 amide bonds. The monoisotopic (exact) mass is 221 g/mol. The molecule has 0 heterocycles. The van der Waals surface area contributed by atoms with Crippen molar-refractivity contribution in [3.8, 4) is 0 Å². The fourth-order valence-corrected chi connectivity index (χ4v) is 1.48. The maximum Gasteiger partial charge on any atom is 0.0717 e. The molecule has 1 N–H and O–H groups in total. The first-order valence-corrected chi connectivity index (χ1v) is 6.02. The van der Waals surface area contributed by atoms with Crippen molar-refractivity contribution in [1.29, 1.82) is 0 Å². The van der Waals surface area contributed by atoms with Crippen LogP contribution >= 0.6 is 0 Å². The average molecular weight is 221 g/mol. The Morgan fingerprint density at radius 2 is 1.75 bits per heavy atom. The van der Waals surface area contributed by atoms with Crippen molar-refractivity contribution in [2.45, 2.75) is 26.9 Å². The van der Waals surface area contributed by atoms with Gasteiger partial charge < -0.3 is 10.1 Å². The second-order valence-corrected chi connectivity index (χ2v) is 4.58. The van der Waals surface area contributed by atoms with Gasteiger partial charge in [-0.3, -0.25) is 0 Å². The zero-order valence-electron chi connectivity index (χ0n) is 10.6. The molecule has 0 aliphatic heterocycles. The van der Waals surface area contributed by atoms with Gasteiger partial charge in [0.2, 0.25) is 0 Å². The Bertz CT molecular complexity index is 279. The molecule has 2 nitrogen and oxygen atoms in total. The number of likely N-dealkylation sites (N-methyl/N-ethyl adjacent to an activating group) is 1. The fraction of sp³-hybridized carbons (Fsp3) is 0.571. The van der Waals surface area contributed by atoms with Crippen LogP contribution in [0.1, 0.15) is 25.0 Å². The van der Waals surface area contributed by atoms with Gasteiger partial charge in [-0.1, -0.05) is 38.1 Å². The van der Waals surface area contributed by atoms with Gasteiger partial charge in [0.05, 0.1) is 6.61 Å². The van der Waals surface area contributed by atoms with Gasteiger partial charge in [0.1, 0.15) is 0 Å². The first-order chi connectivity index (χ1) is 7.72. The SMILES string of the molecule is CNCCc1ccc(COCC(C)C)cc1. The minimum atomic E-state index is 0.606. The summed E-state index contributed by atoms with van der Waals surface area (Å²) >= 11 is 0. The van der Waals surface area contributed by atoms with Gasteiger partial charge in [0.15, 0.2) is 0 Å². The topological polar surface area (TPSA) is 21.3 Å². The molecule has 1 rings (SSSR count). The normalized spacial score (nSPS) is 11.0. The molecule has 90 valence electrons. The Morgan fingerprint density at radius 3 is 2.31 bits per heavy atom. The van der Waals surface area contributed by atoms with Gasteiger partial charge in [0, 0.05) is 6.61 Å². The highest BCUT2D eigenvalue weighted by molar-refractivity contribution is 5.22. The molecular weight excluding hydrogens is 198 g/mol. The van der Waals surface area contributed by atoms with Crippen LogP contribution in [-0.2, 0) is 17.8 Å². The summed E-state index contributed by atoms with van der Waals surface area (Å²) in [5, 5.41) is 3.15. The Labute approximate surface area is 99.0 Å². The third-order valence-corrected chi connectivity index (χ3v) is 2.41. The zero-order chi connectivity index (χ0) is 11.8. The van der Waals surface area contributed by atoms with Crippen LogP contribution in [0.3, 0.4) is 0 Å². The molecule has 0 fully saturated rings. The van der Waals surface area contributed by atoms with E-state index in [4.69, 9.17) is 4.74 Å². The van der Waals surface area contributed by atoms with E-state index < -0.39 is 0 Å². The van der Waals surface area contributed by atoms with Crippen LogP contribution in [0.2, 0.25) is 0 Å². The predicted molar refractivity (Wildman–Crippen MR) is 68.6 cm³/mol. The molecular formula is C14H23NO. The van der Waals surface area contributed by atoms with E-state index in [0.29, 0.717) is 5.92 Å². The first-order valence-electron chi connectivity index (χ1n) is 6.02. The van der Waals surface area contributed by atoms with E-state index in [0.717, 1.165) is 26.2 Å². The molecule has 0 saturated heterocycles. The number of hydrogen-bond donors (Lipinski definition) is 1. The molecule has 0 unspecified atom stereocenters. The van der Waals surface area contributed by atoms with E-state index in [9.17, 15) is 0 Å². The molecule has 2 heteroatoms. The fourth-order valence-electron chi connectivity index (χ4n) is 1.48. The van der Waals surface area contributed by atoms with Gasteiger partial charge in [-0.25, -0.2) is 0 Å². The van der Waals surface area contributed by atoms with Crippen LogP contribution in [-0.4, -0.2) is 20.2 Å². The van der Waals surface area contributed by atoms with Crippen LogP contribution < -0.4 is 5.32 Å². The van der Waals surface area contributed by atoms with Gasteiger partial charge in [0.25, 0.3) is 0 Å². The van der Waals surface area contributed by atoms with Crippen molar-refractivity contribution in [3.05, 3.63) is 35.4 Å². The minimum Gasteiger partial charge on any atom is -0.377 e. The number of rotatable bonds is 7. The Balaban J connectivity index is 2.33. The summed E-state index contributed by atoms with van der Waals surface area (Å²) in [5.41, 5.74) is 2.64. The molecule has 1 aromatic carbocycles. The lowest BCUT2D eigenvalue weighted by atomic mass is 10.1. The van der Waals surface area contributed by atoms with Crippen molar-refractivity contribution >= 4 is 0 Å². The second-order valence-electron chi connectivity index (χ2n) is 4.58. The molecule has 0 spiro atoms. The van der Waals surface area contributed by atoms with Gasteiger partial charge in [-0.2, -0.15) is 0 Å². The molecule has 16 heavy (non-hydrogen) atoms. The number of ether oxygens (including phenoxy) is 1. The van der Waals surface area contributed by atoms with Crippen molar-refractivity contribution in [1.82, 2.24) is 5.32 Å². The van der Waals surface area contributed by atoms with E-state index in [2.05, 4.69) is 43.4 Å². The molecule has 0 bridgehead atoms. The molecule has 0 radical (unpaired) electrons. The second kappa shape index (κ2) is 7.42. The largest absolute Gasteiger partial charge is 0.377 e. The maximum atomic E-state index is 5.59. The summed E-state index contributed by atoms with van der Waals surface area (Å²) in [7, 11) is 1.98. The Morgan fingerprint density at radius 1 is 1.12 bits per heavy atom. The average Bonchev–Trinajstić information content (AvgIpc) is 2.27. The van der Waals surface area contributed by atoms with Crippen LogP contribution in [0.15, 0.2) is 24.3 Å². The van der Waals surface area contributed by atoms with E-state index >= 15 is 0 Å². The Kier molecular flexibility index (Phi) is 6.12. The highest BCUT2D eigenvalue weighted by atomic mass is 16.5. The van der Waals surface area contributed by atoms with Crippen LogP contribution in [0.4, 0.5) is 0 Å². The summed E-state index contributed by atoms with van der Waals surface area (Å²) in [4.78, 5) is 0. The summed E-state index contributed by atoms with van der Waals surface area (Å²) in [5.74, 6) is 0.606. The summed E-state index contributed by atoms with van der Waals surface area (Å²) in [6.45, 7) is 6.93. The van der Waals surface area contributed by atoms with Crippen LogP contribution in [0.25, 0.3) is 0 Å². The first kappa shape index (κ1) is 13.2. The summed E-state index contributed by atoms with van der Waals surface area (Å²) < 4.78 is 5.59. The van der Waals surface area contributed by atoms with Gasteiger partial charge in [-0.15, -0.1) is 0 Å². The van der Waals surface area contributed by atoms with E-state index in [1.165, 1.54) is 11.1 Å². The van der Waals surface area contributed by atoms with Crippen molar-refractivity contribution in [3.63, 3.8) is 0 Å². The van der Waals surface area contributed by atoms with Crippen molar-refractivity contribution < 1.29 is 4.74 Å². The number of hydrogen-bond acceptors (Lipinski definition) is 2. The van der Waals surface area contributed by atoms with Crippen LogP contribution in [0, 0.1) is 5.92 Å². The maximum absolute atomic E-state index is 5.59.